The maximum Gasteiger partial charge on any atom is 0.416 e. The number of rotatable bonds is 6. The number of carbonyl (C=O) groups excluding carboxylic acids is 3. The van der Waals surface area contributed by atoms with E-state index in [0.29, 0.717) is 12.1 Å². The molecular weight excluding hydrogens is 467 g/mol. The summed E-state index contributed by atoms with van der Waals surface area (Å²) in [6, 6.07) is 2.12. The molecule has 1 aromatic rings. The molecule has 33 heavy (non-hydrogen) atoms. The van der Waals surface area contributed by atoms with Crippen LogP contribution in [0.2, 0.25) is 0 Å². The number of nitrogens with zero attached hydrogens (tertiary/aromatic N) is 2. The highest BCUT2D eigenvalue weighted by Gasteiger charge is 2.67. The molecule has 9 nitrogen and oxygen atoms in total. The van der Waals surface area contributed by atoms with E-state index in [1.807, 2.05) is 0 Å². The third kappa shape index (κ3) is 3.91. The zero-order valence-corrected chi connectivity index (χ0v) is 19.2. The fourth-order valence-corrected chi connectivity index (χ4v) is 5.83. The van der Waals surface area contributed by atoms with E-state index in [-0.39, 0.29) is 17.9 Å². The Bertz CT molecular complexity index is 1080. The van der Waals surface area contributed by atoms with Gasteiger partial charge in [0.2, 0.25) is 21.8 Å². The summed E-state index contributed by atoms with van der Waals surface area (Å²) in [5, 5.41) is 2.97. The number of benzene rings is 1. The minimum Gasteiger partial charge on any atom is -0.468 e. The highest BCUT2D eigenvalue weighted by atomic mass is 32.2. The number of halogens is 3. The van der Waals surface area contributed by atoms with Crippen molar-refractivity contribution in [1.82, 2.24) is 14.5 Å². The molecule has 3 rings (SSSR count). The Labute approximate surface area is 188 Å². The Morgan fingerprint density at radius 3 is 2.27 bits per heavy atom. The molecule has 0 radical (unpaired) electrons. The van der Waals surface area contributed by atoms with Crippen LogP contribution in [0.25, 0.3) is 0 Å². The number of hydrogen-bond acceptors (Lipinski definition) is 7. The van der Waals surface area contributed by atoms with Crippen LogP contribution >= 0.6 is 0 Å². The fourth-order valence-electron chi connectivity index (χ4n) is 4.63. The van der Waals surface area contributed by atoms with Crippen molar-refractivity contribution in [1.29, 1.82) is 0 Å². The van der Waals surface area contributed by atoms with E-state index < -0.39 is 63.0 Å². The lowest BCUT2D eigenvalue weighted by Gasteiger charge is -2.31. The summed E-state index contributed by atoms with van der Waals surface area (Å²) in [5.74, 6) is -3.94. The molecular formula is C20H24F3N3O6S. The number of methoxy groups -OCH3 is 1. The van der Waals surface area contributed by atoms with E-state index in [9.17, 15) is 36.0 Å². The van der Waals surface area contributed by atoms with E-state index in [4.69, 9.17) is 4.74 Å². The minimum absolute atomic E-state index is 0.111. The van der Waals surface area contributed by atoms with Crippen molar-refractivity contribution >= 4 is 27.8 Å². The average molecular weight is 491 g/mol. The summed E-state index contributed by atoms with van der Waals surface area (Å²) >= 11 is 0. The Morgan fingerprint density at radius 1 is 1.21 bits per heavy atom. The maximum atomic E-state index is 13.0. The molecule has 1 aromatic carbocycles. The van der Waals surface area contributed by atoms with Crippen molar-refractivity contribution < 1.29 is 40.7 Å². The zero-order chi connectivity index (χ0) is 24.9. The summed E-state index contributed by atoms with van der Waals surface area (Å²) in [6.45, 7) is 1.33. The van der Waals surface area contributed by atoms with Gasteiger partial charge < -0.3 is 4.74 Å². The van der Waals surface area contributed by atoms with Gasteiger partial charge in [-0.05, 0) is 30.7 Å². The summed E-state index contributed by atoms with van der Waals surface area (Å²) in [6.07, 6.45) is -4.50. The molecule has 2 heterocycles. The van der Waals surface area contributed by atoms with Gasteiger partial charge in [-0.15, -0.1) is 0 Å². The normalized spacial score (nSPS) is 27.9. The van der Waals surface area contributed by atoms with Gasteiger partial charge in [0.05, 0.1) is 29.4 Å². The molecule has 2 aliphatic rings. The second kappa shape index (κ2) is 8.37. The standard InChI is InChI=1S/C20H24F3N3O6S/c1-5-19(18(29)32-4)15-14(16(27)26(3)17(15)28)13(24-19)10-25(2)33(30,31)12-8-6-11(7-9-12)20(21,22)23/h6-9,13-15,24H,5,10H2,1-4H3/t13-,14+,15-,19-/m1/s1. The third-order valence-electron chi connectivity index (χ3n) is 6.43. The molecule has 2 saturated heterocycles. The Morgan fingerprint density at radius 2 is 1.79 bits per heavy atom. The SMILES string of the molecule is CC[C@@]1(C(=O)OC)N[C@H](CN(C)S(=O)(=O)c2ccc(C(F)(F)F)cc2)[C@@H]2C(=O)N(C)C(=O)[C@@H]21. The quantitative estimate of drug-likeness (QED) is 0.464. The van der Waals surface area contributed by atoms with Crippen LogP contribution in [0, 0.1) is 11.8 Å². The number of nitrogens with one attached hydrogen (secondary N) is 1. The number of likely N-dealkylation sites (N-methyl/N-ethyl adjacent to an activating group) is 1. The van der Waals surface area contributed by atoms with Gasteiger partial charge in [-0.25, -0.2) is 8.42 Å². The van der Waals surface area contributed by atoms with Gasteiger partial charge in [-0.2, -0.15) is 17.5 Å². The third-order valence-corrected chi connectivity index (χ3v) is 8.27. The van der Waals surface area contributed by atoms with Crippen LogP contribution in [-0.4, -0.2) is 74.7 Å². The van der Waals surface area contributed by atoms with Gasteiger partial charge in [0.15, 0.2) is 0 Å². The Kier molecular flexibility index (Phi) is 6.37. The summed E-state index contributed by atoms with van der Waals surface area (Å²) < 4.78 is 70.1. The molecule has 0 aliphatic carbocycles. The van der Waals surface area contributed by atoms with Crippen LogP contribution in [0.3, 0.4) is 0 Å². The lowest BCUT2D eigenvalue weighted by Crippen LogP contribution is -2.57. The number of sulfonamides is 1. The summed E-state index contributed by atoms with van der Waals surface area (Å²) in [7, 11) is -0.584. The van der Waals surface area contributed by atoms with E-state index in [1.54, 1.807) is 6.92 Å². The monoisotopic (exact) mass is 491 g/mol. The predicted octanol–water partition coefficient (Wildman–Crippen LogP) is 0.850. The van der Waals surface area contributed by atoms with E-state index >= 15 is 0 Å². The van der Waals surface area contributed by atoms with Crippen LogP contribution in [0.1, 0.15) is 18.9 Å². The minimum atomic E-state index is -4.62. The van der Waals surface area contributed by atoms with Crippen LogP contribution in [0.5, 0.6) is 0 Å². The van der Waals surface area contributed by atoms with Crippen molar-refractivity contribution in [2.75, 3.05) is 27.7 Å². The molecule has 2 amide bonds. The van der Waals surface area contributed by atoms with Crippen molar-refractivity contribution in [3.63, 3.8) is 0 Å². The molecule has 0 unspecified atom stereocenters. The zero-order valence-electron chi connectivity index (χ0n) is 18.3. The predicted molar refractivity (Wildman–Crippen MR) is 108 cm³/mol. The molecule has 0 saturated carbocycles. The lowest BCUT2D eigenvalue weighted by atomic mass is 9.78. The van der Waals surface area contributed by atoms with Gasteiger partial charge in [-0.1, -0.05) is 6.92 Å². The van der Waals surface area contributed by atoms with Crippen molar-refractivity contribution in [2.24, 2.45) is 11.8 Å². The smallest absolute Gasteiger partial charge is 0.416 e. The van der Waals surface area contributed by atoms with Gasteiger partial charge in [-0.3, -0.25) is 24.6 Å². The number of carbonyl (C=O) groups is 3. The molecule has 182 valence electrons. The molecule has 13 heteroatoms. The molecule has 0 spiro atoms. The topological polar surface area (TPSA) is 113 Å². The highest BCUT2D eigenvalue weighted by Crippen LogP contribution is 2.45. The van der Waals surface area contributed by atoms with E-state index in [0.717, 1.165) is 28.4 Å². The van der Waals surface area contributed by atoms with Gasteiger partial charge in [0.25, 0.3) is 0 Å². The molecule has 0 bridgehead atoms. The summed E-state index contributed by atoms with van der Waals surface area (Å²) in [4.78, 5) is 38.8. The Balaban J connectivity index is 1.92. The number of amides is 2. The average Bonchev–Trinajstić information content (AvgIpc) is 3.22. The van der Waals surface area contributed by atoms with Crippen LogP contribution in [0.4, 0.5) is 13.2 Å². The van der Waals surface area contributed by atoms with Crippen molar-refractivity contribution in [3.05, 3.63) is 29.8 Å². The van der Waals surface area contributed by atoms with Gasteiger partial charge in [0, 0.05) is 26.7 Å². The van der Waals surface area contributed by atoms with E-state index in [2.05, 4.69) is 5.32 Å². The number of hydrogen-bond donors (Lipinski definition) is 1. The van der Waals surface area contributed by atoms with Gasteiger partial charge >= 0.3 is 12.1 Å². The molecule has 2 fully saturated rings. The highest BCUT2D eigenvalue weighted by molar-refractivity contribution is 7.89. The number of fused-ring (bicyclic) bond motifs is 1. The van der Waals surface area contributed by atoms with Crippen molar-refractivity contribution in [3.8, 4) is 0 Å². The van der Waals surface area contributed by atoms with Gasteiger partial charge in [0.1, 0.15) is 5.54 Å². The first-order valence-electron chi connectivity index (χ1n) is 10.0. The van der Waals surface area contributed by atoms with Crippen LogP contribution in [0.15, 0.2) is 29.2 Å². The first kappa shape index (κ1) is 25.1. The first-order valence-corrected chi connectivity index (χ1v) is 11.5. The van der Waals surface area contributed by atoms with Crippen LogP contribution in [-0.2, 0) is 35.3 Å². The number of alkyl halides is 3. The van der Waals surface area contributed by atoms with Crippen molar-refractivity contribution in [2.45, 2.75) is 36.0 Å². The second-order valence-electron chi connectivity index (χ2n) is 8.11. The largest absolute Gasteiger partial charge is 0.468 e. The van der Waals surface area contributed by atoms with E-state index in [1.165, 1.54) is 14.1 Å². The first-order chi connectivity index (χ1) is 15.2. The molecule has 2 aliphatic heterocycles. The number of esters is 1. The van der Waals surface area contributed by atoms with Crippen LogP contribution < -0.4 is 5.32 Å². The second-order valence-corrected chi connectivity index (χ2v) is 10.2. The Hall–Kier alpha value is -2.51. The molecule has 1 N–H and O–H groups in total. The fraction of sp³-hybridized carbons (Fsp3) is 0.550. The molecule has 4 atom stereocenters. The number of imide groups is 1. The lowest BCUT2D eigenvalue weighted by molar-refractivity contribution is -0.154. The number of ether oxygens (including phenoxy) is 1. The number of likely N-dealkylation sites (tertiary alicyclic amines) is 1. The molecule has 0 aromatic heterocycles. The maximum absolute atomic E-state index is 13.0. The summed E-state index contributed by atoms with van der Waals surface area (Å²) in [5.41, 5.74) is -2.51.